The molecule has 1 amide bonds. The van der Waals surface area contributed by atoms with Crippen molar-refractivity contribution in [2.75, 3.05) is 12.4 Å². The number of anilines is 1. The molecule has 9 heteroatoms. The molecule has 1 aliphatic carbocycles. The van der Waals surface area contributed by atoms with Crippen molar-refractivity contribution in [3.8, 4) is 0 Å². The van der Waals surface area contributed by atoms with Crippen LogP contribution in [-0.2, 0) is 22.4 Å². The lowest BCUT2D eigenvalue weighted by molar-refractivity contribution is -0.122. The highest BCUT2D eigenvalue weighted by Crippen LogP contribution is 2.41. The summed E-state index contributed by atoms with van der Waals surface area (Å²) in [5, 5.41) is 6.27. The lowest BCUT2D eigenvalue weighted by Gasteiger charge is -2.27. The zero-order valence-corrected chi connectivity index (χ0v) is 17.3. The predicted molar refractivity (Wildman–Crippen MR) is 103 cm³/mol. The van der Waals surface area contributed by atoms with E-state index in [1.54, 1.807) is 0 Å². The van der Waals surface area contributed by atoms with Gasteiger partial charge in [0.25, 0.3) is 0 Å². The van der Waals surface area contributed by atoms with Crippen molar-refractivity contribution < 1.29 is 14.3 Å². The largest absolute Gasteiger partial charge is 0.465 e. The zero-order valence-electron chi connectivity index (χ0n) is 14.3. The molecule has 0 aromatic carbocycles. The molecule has 0 aliphatic heterocycles. The molecule has 1 heterocycles. The summed E-state index contributed by atoms with van der Waals surface area (Å²) in [5.41, 5.74) is 1.45. The molecule has 0 saturated heterocycles. The molecule has 1 aromatic heterocycles. The molecule has 25 heavy (non-hydrogen) atoms. The summed E-state index contributed by atoms with van der Waals surface area (Å²) in [5.74, 6) is -0.492. The highest BCUT2D eigenvalue weighted by atomic mass is 35.6. The van der Waals surface area contributed by atoms with E-state index in [1.807, 2.05) is 13.8 Å². The summed E-state index contributed by atoms with van der Waals surface area (Å²) in [4.78, 5) is 25.4. The molecular weight excluding hydrogens is 407 g/mol. The van der Waals surface area contributed by atoms with Crippen molar-refractivity contribution in [3.63, 3.8) is 0 Å². The van der Waals surface area contributed by atoms with Gasteiger partial charge < -0.3 is 15.4 Å². The Morgan fingerprint density at radius 2 is 1.96 bits per heavy atom. The number of hydrogen-bond acceptors (Lipinski definition) is 5. The van der Waals surface area contributed by atoms with Crippen molar-refractivity contribution in [2.24, 2.45) is 5.92 Å². The zero-order chi connectivity index (χ0) is 18.8. The molecule has 1 aromatic rings. The van der Waals surface area contributed by atoms with Gasteiger partial charge in [-0.15, -0.1) is 11.3 Å². The van der Waals surface area contributed by atoms with Crippen LogP contribution >= 0.6 is 46.1 Å². The van der Waals surface area contributed by atoms with Gasteiger partial charge in [-0.3, -0.25) is 4.79 Å². The topological polar surface area (TPSA) is 67.4 Å². The van der Waals surface area contributed by atoms with Gasteiger partial charge in [-0.1, -0.05) is 48.7 Å². The Morgan fingerprint density at radius 3 is 2.52 bits per heavy atom. The predicted octanol–water partition coefficient (Wildman–Crippen LogP) is 4.29. The van der Waals surface area contributed by atoms with Gasteiger partial charge in [0.15, 0.2) is 0 Å². The first-order valence-electron chi connectivity index (χ1n) is 7.99. The van der Waals surface area contributed by atoms with E-state index < -0.39 is 15.9 Å². The number of ether oxygens (including phenoxy) is 1. The molecular formula is C16H21Cl3N2O3S. The Morgan fingerprint density at radius 1 is 1.28 bits per heavy atom. The molecule has 140 valence electrons. The van der Waals surface area contributed by atoms with Crippen molar-refractivity contribution in [1.29, 1.82) is 0 Å². The summed E-state index contributed by atoms with van der Waals surface area (Å²) in [6.07, 6.45) is 2.07. The van der Waals surface area contributed by atoms with Crippen LogP contribution in [0.1, 0.15) is 47.5 Å². The number of carbonyl (C=O) groups is 2. The van der Waals surface area contributed by atoms with Gasteiger partial charge in [-0.05, 0) is 30.7 Å². The number of thiophene rings is 1. The number of aryl methyl sites for hydroxylation is 1. The minimum absolute atomic E-state index is 0.173. The Bertz CT molecular complexity index is 656. The molecule has 0 unspecified atom stereocenters. The molecule has 2 N–H and O–H groups in total. The minimum Gasteiger partial charge on any atom is -0.465 e. The number of carbonyl (C=O) groups excluding carboxylic acids is 2. The van der Waals surface area contributed by atoms with Gasteiger partial charge in [-0.2, -0.15) is 0 Å². The second-order valence-corrected chi connectivity index (χ2v) is 9.81. The van der Waals surface area contributed by atoms with Crippen molar-refractivity contribution >= 4 is 63.0 Å². The van der Waals surface area contributed by atoms with Crippen LogP contribution in [0, 0.1) is 5.92 Å². The van der Waals surface area contributed by atoms with E-state index in [0.717, 1.165) is 29.7 Å². The molecule has 0 radical (unpaired) electrons. The van der Waals surface area contributed by atoms with Gasteiger partial charge in [0.05, 0.1) is 12.7 Å². The first kappa shape index (κ1) is 20.6. The lowest BCUT2D eigenvalue weighted by Crippen LogP contribution is -2.49. The molecule has 0 saturated carbocycles. The van der Waals surface area contributed by atoms with Crippen molar-refractivity contribution in [1.82, 2.24) is 5.32 Å². The third-order valence-corrected chi connectivity index (χ3v) is 5.69. The molecule has 0 fully saturated rings. The molecule has 1 aliphatic rings. The molecule has 2 rings (SSSR count). The van der Waals surface area contributed by atoms with E-state index in [9.17, 15) is 9.59 Å². The van der Waals surface area contributed by atoms with Crippen molar-refractivity contribution in [2.45, 2.75) is 49.5 Å². The Balaban J connectivity index is 2.27. The number of alkyl halides is 3. The number of nitrogens with one attached hydrogen (secondary N) is 2. The van der Waals surface area contributed by atoms with Gasteiger partial charge in [0, 0.05) is 11.3 Å². The van der Waals surface area contributed by atoms with Crippen LogP contribution < -0.4 is 10.6 Å². The van der Waals surface area contributed by atoms with Crippen LogP contribution in [0.4, 0.5) is 5.00 Å². The average Bonchev–Trinajstić information content (AvgIpc) is 3.04. The fourth-order valence-corrected chi connectivity index (χ4v) is 4.38. The van der Waals surface area contributed by atoms with Gasteiger partial charge in [-0.25, -0.2) is 4.79 Å². The summed E-state index contributed by atoms with van der Waals surface area (Å²) < 4.78 is 3.12. The maximum absolute atomic E-state index is 12.2. The number of methoxy groups -OCH3 is 1. The quantitative estimate of drug-likeness (QED) is 0.404. The summed E-state index contributed by atoms with van der Waals surface area (Å²) >= 11 is 19.5. The lowest BCUT2D eigenvalue weighted by atomic mass is 10.1. The van der Waals surface area contributed by atoms with Gasteiger partial charge in [0.1, 0.15) is 11.2 Å². The Labute approximate surface area is 166 Å². The number of rotatable bonds is 6. The fourth-order valence-electron chi connectivity index (χ4n) is 2.75. The Hall–Kier alpha value is -0.690. The summed E-state index contributed by atoms with van der Waals surface area (Å²) in [6.45, 7) is 3.85. The van der Waals surface area contributed by atoms with Crippen LogP contribution in [0.15, 0.2) is 0 Å². The number of hydrogen-bond donors (Lipinski definition) is 2. The van der Waals surface area contributed by atoms with Gasteiger partial charge >= 0.3 is 5.97 Å². The molecule has 5 nitrogen and oxygen atoms in total. The fraction of sp³-hybridized carbons (Fsp3) is 0.625. The van der Waals surface area contributed by atoms with E-state index in [4.69, 9.17) is 39.5 Å². The van der Waals surface area contributed by atoms with E-state index in [2.05, 4.69) is 10.6 Å². The molecule has 0 bridgehead atoms. The van der Waals surface area contributed by atoms with Crippen molar-refractivity contribution in [3.05, 3.63) is 16.0 Å². The molecule has 1 atom stereocenters. The minimum atomic E-state index is -1.78. The van der Waals surface area contributed by atoms with Crippen LogP contribution in [0.25, 0.3) is 0 Å². The Kier molecular flexibility index (Phi) is 6.87. The van der Waals surface area contributed by atoms with Crippen LogP contribution in [-0.4, -0.2) is 28.9 Å². The highest BCUT2D eigenvalue weighted by Gasteiger charge is 2.36. The number of esters is 1. The summed E-state index contributed by atoms with van der Waals surface area (Å²) in [6, 6.07) is 0. The first-order chi connectivity index (χ1) is 11.6. The second kappa shape index (κ2) is 8.33. The third kappa shape index (κ3) is 5.16. The first-order valence-corrected chi connectivity index (χ1v) is 9.94. The van der Waals surface area contributed by atoms with E-state index in [0.29, 0.717) is 17.0 Å². The third-order valence-electron chi connectivity index (χ3n) is 3.81. The number of fused-ring (bicyclic) bond motifs is 1. The number of amides is 1. The molecule has 0 spiro atoms. The van der Waals surface area contributed by atoms with E-state index in [1.165, 1.54) is 18.4 Å². The second-order valence-electron chi connectivity index (χ2n) is 6.34. The maximum atomic E-state index is 12.2. The average molecular weight is 428 g/mol. The summed E-state index contributed by atoms with van der Waals surface area (Å²) in [7, 11) is 1.34. The maximum Gasteiger partial charge on any atom is 0.341 e. The van der Waals surface area contributed by atoms with Crippen LogP contribution in [0.3, 0.4) is 0 Å². The SMILES string of the molecule is COC(=O)c1c(N[C@@H](NC(=O)CC(C)C)C(Cl)(Cl)Cl)sc2c1CCC2. The standard InChI is InChI=1S/C16H21Cl3N2O3S/c1-8(2)7-11(22)20-15(16(17,18)19)21-13-12(14(23)24-3)9-5-4-6-10(9)25-13/h8,15,21H,4-7H2,1-3H3,(H,20,22)/t15-/m1/s1. The van der Waals surface area contributed by atoms with E-state index >= 15 is 0 Å². The van der Waals surface area contributed by atoms with Gasteiger partial charge in [0.2, 0.25) is 9.70 Å². The normalized spacial score (nSPS) is 15.0. The highest BCUT2D eigenvalue weighted by molar-refractivity contribution is 7.16. The number of halogens is 3. The van der Waals surface area contributed by atoms with Crippen LogP contribution in [0.5, 0.6) is 0 Å². The monoisotopic (exact) mass is 426 g/mol. The van der Waals surface area contributed by atoms with Crippen LogP contribution in [0.2, 0.25) is 0 Å². The smallest absolute Gasteiger partial charge is 0.341 e. The van der Waals surface area contributed by atoms with E-state index in [-0.39, 0.29) is 11.8 Å².